The van der Waals surface area contributed by atoms with Gasteiger partial charge in [-0.15, -0.1) is 22.7 Å². The van der Waals surface area contributed by atoms with E-state index in [0.29, 0.717) is 18.7 Å². The van der Waals surface area contributed by atoms with Gasteiger partial charge >= 0.3 is 0 Å². The van der Waals surface area contributed by atoms with Crippen molar-refractivity contribution in [2.75, 3.05) is 12.8 Å². The molecule has 0 aliphatic heterocycles. The number of carbonyl (C=O) groups excluding carboxylic acids is 1. The van der Waals surface area contributed by atoms with Crippen molar-refractivity contribution < 1.29 is 13.2 Å². The summed E-state index contributed by atoms with van der Waals surface area (Å²) in [6, 6.07) is 15.2. The zero-order valence-electron chi connectivity index (χ0n) is 18.3. The lowest BCUT2D eigenvalue weighted by atomic mass is 10.0. The molecule has 1 saturated carbocycles. The van der Waals surface area contributed by atoms with Crippen molar-refractivity contribution in [3.05, 3.63) is 64.4 Å². The molecule has 3 aromatic rings. The molecule has 4 rings (SSSR count). The molecule has 172 valence electrons. The maximum atomic E-state index is 12.8. The minimum Gasteiger partial charge on any atom is -0.351 e. The summed E-state index contributed by atoms with van der Waals surface area (Å²) >= 11 is 3.43. The number of sulfone groups is 1. The number of hydrogen-bond acceptors (Lipinski definition) is 6. The number of thiophene rings is 2. The Balaban J connectivity index is 1.30. The van der Waals surface area contributed by atoms with Crippen LogP contribution in [0.15, 0.2) is 58.8 Å². The summed E-state index contributed by atoms with van der Waals surface area (Å²) < 4.78 is 23.8. The standard InChI is InChI=1S/C25H26N2O3S3/c1-33(29,30)24-12-3-2-7-18(24)8-5-15-26-21-10-4-9-20(21)25(28)27-17-19-13-14-23(32-19)22-11-6-16-31-22/h2-3,6-7,11-14,16,20-21,26H,4,9-10,15,17H2,1H3,(H,27,28)/t20-,21-/m0/s1. The minimum absolute atomic E-state index is 0.0754. The summed E-state index contributed by atoms with van der Waals surface area (Å²) in [5.41, 5.74) is 0.500. The fraction of sp³-hybridized carbons (Fsp3) is 0.320. The van der Waals surface area contributed by atoms with Crippen molar-refractivity contribution in [2.24, 2.45) is 5.92 Å². The van der Waals surface area contributed by atoms with Gasteiger partial charge in [-0.2, -0.15) is 0 Å². The van der Waals surface area contributed by atoms with Gasteiger partial charge < -0.3 is 10.6 Å². The van der Waals surface area contributed by atoms with Crippen LogP contribution >= 0.6 is 22.7 Å². The summed E-state index contributed by atoms with van der Waals surface area (Å²) in [6.07, 6.45) is 3.98. The molecule has 0 saturated heterocycles. The number of benzene rings is 1. The van der Waals surface area contributed by atoms with E-state index in [1.165, 1.54) is 16.0 Å². The van der Waals surface area contributed by atoms with Gasteiger partial charge in [0.05, 0.1) is 23.9 Å². The van der Waals surface area contributed by atoms with Crippen LogP contribution in [0, 0.1) is 17.8 Å². The number of rotatable bonds is 7. The van der Waals surface area contributed by atoms with E-state index in [2.05, 4.69) is 46.1 Å². The Morgan fingerprint density at radius 1 is 1.09 bits per heavy atom. The molecule has 0 spiro atoms. The first-order valence-electron chi connectivity index (χ1n) is 10.8. The molecule has 1 fully saturated rings. The predicted molar refractivity (Wildman–Crippen MR) is 135 cm³/mol. The van der Waals surface area contributed by atoms with Crippen molar-refractivity contribution in [2.45, 2.75) is 36.7 Å². The van der Waals surface area contributed by atoms with Gasteiger partial charge in [0.2, 0.25) is 5.91 Å². The molecule has 0 bridgehead atoms. The molecule has 2 aromatic heterocycles. The van der Waals surface area contributed by atoms with Crippen LogP contribution < -0.4 is 10.6 Å². The Labute approximate surface area is 203 Å². The van der Waals surface area contributed by atoms with Gasteiger partial charge in [-0.05, 0) is 48.6 Å². The average molecular weight is 499 g/mol. The normalized spacial score (nSPS) is 18.0. The van der Waals surface area contributed by atoms with E-state index in [1.54, 1.807) is 46.9 Å². The lowest BCUT2D eigenvalue weighted by Gasteiger charge is -2.19. The maximum Gasteiger partial charge on any atom is 0.224 e. The molecule has 5 nitrogen and oxygen atoms in total. The van der Waals surface area contributed by atoms with Gasteiger partial charge in [0.1, 0.15) is 0 Å². The maximum absolute atomic E-state index is 12.8. The van der Waals surface area contributed by atoms with E-state index >= 15 is 0 Å². The van der Waals surface area contributed by atoms with Crippen LogP contribution in [-0.4, -0.2) is 33.2 Å². The van der Waals surface area contributed by atoms with Gasteiger partial charge in [-0.1, -0.05) is 36.5 Å². The van der Waals surface area contributed by atoms with E-state index < -0.39 is 9.84 Å². The second-order valence-corrected chi connectivity index (χ2v) is 12.2. The van der Waals surface area contributed by atoms with Crippen molar-refractivity contribution in [1.82, 2.24) is 10.6 Å². The Morgan fingerprint density at radius 2 is 1.94 bits per heavy atom. The summed E-state index contributed by atoms with van der Waals surface area (Å²) in [5.74, 6) is 5.98. The largest absolute Gasteiger partial charge is 0.351 e. The second kappa shape index (κ2) is 10.7. The molecule has 1 aliphatic carbocycles. The van der Waals surface area contributed by atoms with E-state index in [-0.39, 0.29) is 22.8 Å². The van der Waals surface area contributed by atoms with Gasteiger partial charge in [-0.25, -0.2) is 8.42 Å². The first kappa shape index (κ1) is 23.7. The third kappa shape index (κ3) is 6.12. The minimum atomic E-state index is -3.32. The number of carbonyl (C=O) groups is 1. The van der Waals surface area contributed by atoms with Crippen molar-refractivity contribution in [3.8, 4) is 21.6 Å². The van der Waals surface area contributed by atoms with Crippen LogP contribution in [0.25, 0.3) is 9.75 Å². The lowest BCUT2D eigenvalue weighted by Crippen LogP contribution is -2.41. The van der Waals surface area contributed by atoms with Crippen LogP contribution in [-0.2, 0) is 21.2 Å². The highest BCUT2D eigenvalue weighted by Gasteiger charge is 2.32. The summed E-state index contributed by atoms with van der Waals surface area (Å²) in [7, 11) is -3.32. The Bertz CT molecular complexity index is 1270. The first-order valence-corrected chi connectivity index (χ1v) is 14.4. The smallest absolute Gasteiger partial charge is 0.224 e. The van der Waals surface area contributed by atoms with E-state index in [0.717, 1.165) is 24.1 Å². The summed E-state index contributed by atoms with van der Waals surface area (Å²) in [4.78, 5) is 16.7. The molecule has 1 amide bonds. The van der Waals surface area contributed by atoms with Crippen LogP contribution in [0.5, 0.6) is 0 Å². The fourth-order valence-corrected chi connectivity index (χ4v) is 6.69. The zero-order chi connectivity index (χ0) is 23.3. The molecule has 33 heavy (non-hydrogen) atoms. The van der Waals surface area contributed by atoms with Crippen LogP contribution in [0.4, 0.5) is 0 Å². The molecule has 8 heteroatoms. The zero-order valence-corrected chi connectivity index (χ0v) is 20.8. The lowest BCUT2D eigenvalue weighted by molar-refractivity contribution is -0.125. The molecular formula is C25H26N2O3S3. The van der Waals surface area contributed by atoms with Crippen molar-refractivity contribution >= 4 is 38.4 Å². The highest BCUT2D eigenvalue weighted by atomic mass is 32.2. The SMILES string of the molecule is CS(=O)(=O)c1ccccc1C#CCN[C@H]1CCC[C@@H]1C(=O)NCc1ccc(-c2cccs2)s1. The monoisotopic (exact) mass is 498 g/mol. The molecular weight excluding hydrogens is 472 g/mol. The summed E-state index contributed by atoms with van der Waals surface area (Å²) in [5, 5.41) is 8.55. The van der Waals surface area contributed by atoms with Gasteiger partial charge in [0.15, 0.2) is 9.84 Å². The third-order valence-electron chi connectivity index (χ3n) is 5.68. The number of amides is 1. The van der Waals surface area contributed by atoms with Gasteiger partial charge in [0.25, 0.3) is 0 Å². The number of hydrogen-bond donors (Lipinski definition) is 2. The summed E-state index contributed by atoms with van der Waals surface area (Å²) in [6.45, 7) is 0.946. The predicted octanol–water partition coefficient (Wildman–Crippen LogP) is 4.31. The molecule has 2 N–H and O–H groups in total. The van der Waals surface area contributed by atoms with Crippen LogP contribution in [0.1, 0.15) is 29.7 Å². The van der Waals surface area contributed by atoms with Gasteiger partial charge in [0, 0.05) is 32.5 Å². The van der Waals surface area contributed by atoms with Gasteiger partial charge in [-0.3, -0.25) is 4.79 Å². The van der Waals surface area contributed by atoms with Crippen molar-refractivity contribution in [3.63, 3.8) is 0 Å². The second-order valence-electron chi connectivity index (χ2n) is 8.06. The van der Waals surface area contributed by atoms with Crippen LogP contribution in [0.3, 0.4) is 0 Å². The molecule has 0 radical (unpaired) electrons. The van der Waals surface area contributed by atoms with E-state index in [9.17, 15) is 13.2 Å². The molecule has 1 aliphatic rings. The Morgan fingerprint density at radius 3 is 2.73 bits per heavy atom. The van der Waals surface area contributed by atoms with E-state index in [1.807, 2.05) is 6.07 Å². The Kier molecular flexibility index (Phi) is 7.66. The first-order chi connectivity index (χ1) is 15.9. The highest BCUT2D eigenvalue weighted by molar-refractivity contribution is 7.90. The molecule has 2 atom stereocenters. The Hall–Kier alpha value is -2.44. The molecule has 1 aromatic carbocycles. The fourth-order valence-electron chi connectivity index (χ4n) is 4.06. The topological polar surface area (TPSA) is 75.3 Å². The highest BCUT2D eigenvalue weighted by Crippen LogP contribution is 2.31. The van der Waals surface area contributed by atoms with Crippen LogP contribution in [0.2, 0.25) is 0 Å². The van der Waals surface area contributed by atoms with E-state index in [4.69, 9.17) is 0 Å². The third-order valence-corrected chi connectivity index (χ3v) is 8.98. The number of nitrogens with one attached hydrogen (secondary N) is 2. The van der Waals surface area contributed by atoms with Crippen molar-refractivity contribution in [1.29, 1.82) is 0 Å². The average Bonchev–Trinajstić information content (AvgIpc) is 3.56. The molecule has 0 unspecified atom stereocenters. The molecule has 2 heterocycles. The quantitative estimate of drug-likeness (QED) is 0.476.